The minimum absolute atomic E-state index is 0.108. The van der Waals surface area contributed by atoms with Crippen molar-refractivity contribution in [1.29, 1.82) is 0 Å². The Hall–Kier alpha value is -1.13. The Bertz CT molecular complexity index is 275. The second-order valence-corrected chi connectivity index (χ2v) is 2.62. The van der Waals surface area contributed by atoms with Gasteiger partial charge in [0.05, 0.1) is 5.69 Å². The number of hydrogen-bond donors (Lipinski definition) is 3. The molecule has 0 aliphatic heterocycles. The van der Waals surface area contributed by atoms with Crippen molar-refractivity contribution >= 4 is 5.69 Å². The zero-order valence-corrected chi connectivity index (χ0v) is 6.63. The first kappa shape index (κ1) is 8.96. The van der Waals surface area contributed by atoms with Crippen LogP contribution in [-0.2, 0) is 0 Å². The second kappa shape index (κ2) is 3.51. The van der Waals surface area contributed by atoms with Gasteiger partial charge in [0, 0.05) is 12.6 Å². The summed E-state index contributed by atoms with van der Waals surface area (Å²) in [5, 5.41) is 0. The molecule has 0 unspecified atom stereocenters. The number of halogens is 1. The predicted molar refractivity (Wildman–Crippen MR) is 46.8 cm³/mol. The van der Waals surface area contributed by atoms with E-state index in [4.69, 9.17) is 17.2 Å². The Morgan fingerprint density at radius 1 is 1.42 bits per heavy atom. The van der Waals surface area contributed by atoms with Gasteiger partial charge in [0.25, 0.3) is 0 Å². The molecule has 0 heterocycles. The molecular weight excluding hydrogens is 157 g/mol. The summed E-state index contributed by atoms with van der Waals surface area (Å²) in [5.41, 5.74) is 17.2. The molecule has 1 aromatic carbocycles. The summed E-state index contributed by atoms with van der Waals surface area (Å²) in [4.78, 5) is 0. The minimum Gasteiger partial charge on any atom is -0.396 e. The average molecular weight is 169 g/mol. The summed E-state index contributed by atoms with van der Waals surface area (Å²) in [7, 11) is 0. The van der Waals surface area contributed by atoms with Crippen LogP contribution in [0.2, 0.25) is 0 Å². The maximum absolute atomic E-state index is 12.7. The highest BCUT2D eigenvalue weighted by molar-refractivity contribution is 5.43. The SMILES string of the molecule is NC[C@H](N)c1ccc(F)c(N)c1. The molecule has 12 heavy (non-hydrogen) atoms. The third-order valence-corrected chi connectivity index (χ3v) is 1.70. The van der Waals surface area contributed by atoms with E-state index in [1.165, 1.54) is 12.1 Å². The Labute approximate surface area is 70.3 Å². The minimum atomic E-state index is -0.428. The van der Waals surface area contributed by atoms with E-state index < -0.39 is 5.82 Å². The molecule has 0 saturated carbocycles. The summed E-state index contributed by atoms with van der Waals surface area (Å²) < 4.78 is 12.7. The molecule has 0 aliphatic rings. The lowest BCUT2D eigenvalue weighted by Gasteiger charge is -2.09. The Balaban J connectivity index is 2.96. The highest BCUT2D eigenvalue weighted by Crippen LogP contribution is 2.16. The van der Waals surface area contributed by atoms with Gasteiger partial charge >= 0.3 is 0 Å². The first-order valence-electron chi connectivity index (χ1n) is 3.65. The summed E-state index contributed by atoms with van der Waals surface area (Å²) in [5.74, 6) is -0.428. The van der Waals surface area contributed by atoms with Crippen molar-refractivity contribution in [2.75, 3.05) is 12.3 Å². The number of rotatable bonds is 2. The molecule has 3 nitrogen and oxygen atoms in total. The van der Waals surface area contributed by atoms with Gasteiger partial charge in [0.2, 0.25) is 0 Å². The van der Waals surface area contributed by atoms with E-state index in [1.807, 2.05) is 0 Å². The number of nitrogens with two attached hydrogens (primary N) is 3. The predicted octanol–water partition coefficient (Wildman–Crippen LogP) is 0.366. The summed E-state index contributed by atoms with van der Waals surface area (Å²) in [6, 6.07) is 4.11. The van der Waals surface area contributed by atoms with Gasteiger partial charge in [-0.2, -0.15) is 0 Å². The van der Waals surface area contributed by atoms with Gasteiger partial charge in [-0.25, -0.2) is 4.39 Å². The largest absolute Gasteiger partial charge is 0.396 e. The van der Waals surface area contributed by atoms with Crippen molar-refractivity contribution in [2.45, 2.75) is 6.04 Å². The molecule has 0 aliphatic carbocycles. The maximum Gasteiger partial charge on any atom is 0.146 e. The van der Waals surface area contributed by atoms with E-state index in [0.717, 1.165) is 5.56 Å². The zero-order chi connectivity index (χ0) is 9.14. The third-order valence-electron chi connectivity index (χ3n) is 1.70. The highest BCUT2D eigenvalue weighted by atomic mass is 19.1. The number of anilines is 1. The van der Waals surface area contributed by atoms with Gasteiger partial charge < -0.3 is 17.2 Å². The molecule has 4 heteroatoms. The van der Waals surface area contributed by atoms with Gasteiger partial charge in [-0.3, -0.25) is 0 Å². The van der Waals surface area contributed by atoms with Crippen LogP contribution in [0.5, 0.6) is 0 Å². The molecule has 0 bridgehead atoms. The summed E-state index contributed by atoms with van der Waals surface area (Å²) in [6.45, 7) is 0.324. The molecular formula is C8H12FN3. The van der Waals surface area contributed by atoms with E-state index in [0.29, 0.717) is 6.54 Å². The zero-order valence-electron chi connectivity index (χ0n) is 6.63. The number of hydrogen-bond acceptors (Lipinski definition) is 3. The van der Waals surface area contributed by atoms with Crippen LogP contribution in [0.4, 0.5) is 10.1 Å². The fraction of sp³-hybridized carbons (Fsp3) is 0.250. The lowest BCUT2D eigenvalue weighted by Crippen LogP contribution is -2.20. The Kier molecular flexibility index (Phi) is 2.62. The molecule has 66 valence electrons. The molecule has 1 aromatic rings. The smallest absolute Gasteiger partial charge is 0.146 e. The fourth-order valence-electron chi connectivity index (χ4n) is 0.929. The molecule has 0 radical (unpaired) electrons. The average Bonchev–Trinajstić information content (AvgIpc) is 2.08. The molecule has 1 atom stereocenters. The highest BCUT2D eigenvalue weighted by Gasteiger charge is 2.05. The van der Waals surface area contributed by atoms with E-state index >= 15 is 0 Å². The van der Waals surface area contributed by atoms with Gasteiger partial charge in [-0.05, 0) is 17.7 Å². The standard InChI is InChI=1S/C8H12FN3/c9-6-2-1-5(3-7(6)11)8(12)4-10/h1-3,8H,4,10-12H2/t8-/m0/s1. The molecule has 0 saturated heterocycles. The van der Waals surface area contributed by atoms with Crippen LogP contribution in [0, 0.1) is 5.82 Å². The van der Waals surface area contributed by atoms with Crippen LogP contribution in [-0.4, -0.2) is 6.54 Å². The van der Waals surface area contributed by atoms with E-state index in [1.54, 1.807) is 6.07 Å². The van der Waals surface area contributed by atoms with E-state index in [9.17, 15) is 4.39 Å². The van der Waals surface area contributed by atoms with Crippen LogP contribution in [0.3, 0.4) is 0 Å². The van der Waals surface area contributed by atoms with Crippen molar-refractivity contribution in [1.82, 2.24) is 0 Å². The van der Waals surface area contributed by atoms with E-state index in [-0.39, 0.29) is 11.7 Å². The van der Waals surface area contributed by atoms with Gasteiger partial charge in [0.15, 0.2) is 0 Å². The summed E-state index contributed by atoms with van der Waals surface area (Å²) >= 11 is 0. The monoisotopic (exact) mass is 169 g/mol. The first-order valence-corrected chi connectivity index (χ1v) is 3.65. The Morgan fingerprint density at radius 3 is 2.58 bits per heavy atom. The van der Waals surface area contributed by atoms with Crippen molar-refractivity contribution in [3.63, 3.8) is 0 Å². The molecule has 0 fully saturated rings. The van der Waals surface area contributed by atoms with Gasteiger partial charge in [0.1, 0.15) is 5.82 Å². The van der Waals surface area contributed by atoms with E-state index in [2.05, 4.69) is 0 Å². The van der Waals surface area contributed by atoms with Crippen molar-refractivity contribution in [3.05, 3.63) is 29.6 Å². The summed E-state index contributed by atoms with van der Waals surface area (Å²) in [6.07, 6.45) is 0. The van der Waals surface area contributed by atoms with Gasteiger partial charge in [-0.15, -0.1) is 0 Å². The molecule has 1 rings (SSSR count). The van der Waals surface area contributed by atoms with Crippen LogP contribution < -0.4 is 17.2 Å². The molecule has 0 aromatic heterocycles. The van der Waals surface area contributed by atoms with Crippen LogP contribution in [0.25, 0.3) is 0 Å². The third kappa shape index (κ3) is 1.72. The Morgan fingerprint density at radius 2 is 2.08 bits per heavy atom. The normalized spacial score (nSPS) is 12.9. The molecule has 0 amide bonds. The number of benzene rings is 1. The first-order chi connectivity index (χ1) is 5.65. The number of nitrogen functional groups attached to an aromatic ring is 1. The van der Waals surface area contributed by atoms with Crippen LogP contribution in [0.1, 0.15) is 11.6 Å². The van der Waals surface area contributed by atoms with Crippen molar-refractivity contribution < 1.29 is 4.39 Å². The molecule has 6 N–H and O–H groups in total. The quantitative estimate of drug-likeness (QED) is 0.559. The molecule has 0 spiro atoms. The van der Waals surface area contributed by atoms with Gasteiger partial charge in [-0.1, -0.05) is 6.07 Å². The topological polar surface area (TPSA) is 78.1 Å². The fourth-order valence-corrected chi connectivity index (χ4v) is 0.929. The van der Waals surface area contributed by atoms with Crippen molar-refractivity contribution in [2.24, 2.45) is 11.5 Å². The lowest BCUT2D eigenvalue weighted by molar-refractivity contribution is 0.629. The maximum atomic E-state index is 12.7. The van der Waals surface area contributed by atoms with Crippen molar-refractivity contribution in [3.8, 4) is 0 Å². The van der Waals surface area contributed by atoms with Crippen LogP contribution >= 0.6 is 0 Å². The van der Waals surface area contributed by atoms with Crippen LogP contribution in [0.15, 0.2) is 18.2 Å². The second-order valence-electron chi connectivity index (χ2n) is 2.62. The lowest BCUT2D eigenvalue weighted by atomic mass is 10.1.